The lowest BCUT2D eigenvalue weighted by atomic mass is 10.0. The van der Waals surface area contributed by atoms with Crippen LogP contribution >= 0.6 is 0 Å². The van der Waals surface area contributed by atoms with Gasteiger partial charge in [-0.1, -0.05) is 60.7 Å². The summed E-state index contributed by atoms with van der Waals surface area (Å²) in [5.74, 6) is -0.694. The zero-order valence-corrected chi connectivity index (χ0v) is 12.4. The molecule has 0 fully saturated rings. The molecule has 0 heterocycles. The summed E-state index contributed by atoms with van der Waals surface area (Å²) in [4.78, 5) is 23.5. The van der Waals surface area contributed by atoms with E-state index < -0.39 is 11.9 Å². The maximum Gasteiger partial charge on any atom is 0.240 e. The minimum absolute atomic E-state index is 0.192. The van der Waals surface area contributed by atoms with E-state index in [0.717, 1.165) is 11.1 Å². The Kier molecular flexibility index (Phi) is 5.72. The predicted octanol–water partition coefficient (Wildman–Crippen LogP) is 1.83. The first kappa shape index (κ1) is 15.8. The summed E-state index contributed by atoms with van der Waals surface area (Å²) in [5, 5.41) is 2.72. The molecule has 2 aromatic rings. The molecule has 0 aliphatic heterocycles. The van der Waals surface area contributed by atoms with Crippen molar-refractivity contribution in [3.8, 4) is 0 Å². The number of carbonyl (C=O) groups is 2. The molecule has 2 aromatic carbocycles. The van der Waals surface area contributed by atoms with E-state index in [2.05, 4.69) is 5.32 Å². The van der Waals surface area contributed by atoms with Gasteiger partial charge in [0.1, 0.15) is 6.04 Å². The molecule has 4 nitrogen and oxygen atoms in total. The fourth-order valence-corrected chi connectivity index (χ4v) is 2.27. The van der Waals surface area contributed by atoms with Crippen LogP contribution in [0.25, 0.3) is 0 Å². The summed E-state index contributed by atoms with van der Waals surface area (Å²) in [6.07, 6.45) is 1.44. The van der Waals surface area contributed by atoms with Crippen molar-refractivity contribution < 1.29 is 9.59 Å². The lowest BCUT2D eigenvalue weighted by Crippen LogP contribution is -2.45. The first-order chi connectivity index (χ1) is 10.6. The van der Waals surface area contributed by atoms with Crippen LogP contribution in [-0.2, 0) is 22.4 Å². The van der Waals surface area contributed by atoms with Crippen LogP contribution in [-0.4, -0.2) is 17.9 Å². The fourth-order valence-electron chi connectivity index (χ4n) is 2.27. The van der Waals surface area contributed by atoms with Crippen molar-refractivity contribution >= 4 is 11.8 Å². The molecule has 114 valence electrons. The molecule has 0 unspecified atom stereocenters. The Morgan fingerprint density at radius 1 is 0.909 bits per heavy atom. The molecule has 0 aliphatic carbocycles. The van der Waals surface area contributed by atoms with Gasteiger partial charge in [-0.15, -0.1) is 0 Å². The number of benzene rings is 2. The maximum absolute atomic E-state index is 12.0. The smallest absolute Gasteiger partial charge is 0.240 e. The quantitative estimate of drug-likeness (QED) is 0.818. The molecule has 3 N–H and O–H groups in total. The summed E-state index contributed by atoms with van der Waals surface area (Å²) in [5.41, 5.74) is 7.41. The molecule has 22 heavy (non-hydrogen) atoms. The Hall–Kier alpha value is -2.62. The summed E-state index contributed by atoms with van der Waals surface area (Å²) in [7, 11) is 0. The van der Waals surface area contributed by atoms with Crippen LogP contribution in [0.3, 0.4) is 0 Å². The third-order valence-electron chi connectivity index (χ3n) is 3.45. The van der Waals surface area contributed by atoms with Gasteiger partial charge < -0.3 is 11.1 Å². The second kappa shape index (κ2) is 7.98. The van der Waals surface area contributed by atoms with Crippen molar-refractivity contribution in [1.29, 1.82) is 0 Å². The van der Waals surface area contributed by atoms with Crippen LogP contribution < -0.4 is 11.1 Å². The summed E-state index contributed by atoms with van der Waals surface area (Å²) >= 11 is 0. The SMILES string of the molecule is NC(=O)[C@@H](CCc1ccccc1)NC(=O)Cc1ccccc1. The van der Waals surface area contributed by atoms with Crippen molar-refractivity contribution in [3.05, 3.63) is 71.8 Å². The summed E-state index contributed by atoms with van der Waals surface area (Å²) < 4.78 is 0. The van der Waals surface area contributed by atoms with Gasteiger partial charge in [-0.3, -0.25) is 9.59 Å². The second-order valence-corrected chi connectivity index (χ2v) is 5.21. The molecule has 2 rings (SSSR count). The van der Waals surface area contributed by atoms with Gasteiger partial charge in [0.15, 0.2) is 0 Å². The number of primary amides is 1. The van der Waals surface area contributed by atoms with Gasteiger partial charge in [-0.2, -0.15) is 0 Å². The molecule has 0 spiro atoms. The maximum atomic E-state index is 12.0. The Balaban J connectivity index is 1.88. The normalized spacial score (nSPS) is 11.6. The molecular formula is C18H20N2O2. The van der Waals surface area contributed by atoms with Crippen LogP contribution in [0.4, 0.5) is 0 Å². The molecule has 0 aromatic heterocycles. The van der Waals surface area contributed by atoms with E-state index >= 15 is 0 Å². The average Bonchev–Trinajstić information content (AvgIpc) is 2.53. The predicted molar refractivity (Wildman–Crippen MR) is 86.0 cm³/mol. The summed E-state index contributed by atoms with van der Waals surface area (Å²) in [6, 6.07) is 18.6. The average molecular weight is 296 g/mol. The fraction of sp³-hybridized carbons (Fsp3) is 0.222. The van der Waals surface area contributed by atoms with E-state index in [1.165, 1.54) is 0 Å². The van der Waals surface area contributed by atoms with E-state index in [-0.39, 0.29) is 12.3 Å². The van der Waals surface area contributed by atoms with Gasteiger partial charge in [-0.05, 0) is 24.0 Å². The van der Waals surface area contributed by atoms with Crippen molar-refractivity contribution in [3.63, 3.8) is 0 Å². The second-order valence-electron chi connectivity index (χ2n) is 5.21. The number of nitrogens with one attached hydrogen (secondary N) is 1. The lowest BCUT2D eigenvalue weighted by molar-refractivity contribution is -0.127. The Labute approximate surface area is 130 Å². The number of hydrogen-bond donors (Lipinski definition) is 2. The van der Waals surface area contributed by atoms with Gasteiger partial charge in [-0.25, -0.2) is 0 Å². The van der Waals surface area contributed by atoms with E-state index in [1.807, 2.05) is 60.7 Å². The van der Waals surface area contributed by atoms with Crippen LogP contribution in [0.2, 0.25) is 0 Å². The molecule has 0 radical (unpaired) electrons. The van der Waals surface area contributed by atoms with Crippen LogP contribution in [0.1, 0.15) is 17.5 Å². The first-order valence-electron chi connectivity index (χ1n) is 7.31. The molecule has 4 heteroatoms. The monoisotopic (exact) mass is 296 g/mol. The van der Waals surface area contributed by atoms with Gasteiger partial charge in [0, 0.05) is 0 Å². The highest BCUT2D eigenvalue weighted by molar-refractivity contribution is 5.87. The lowest BCUT2D eigenvalue weighted by Gasteiger charge is -2.15. The number of amides is 2. The van der Waals surface area contributed by atoms with Gasteiger partial charge in [0.25, 0.3) is 0 Å². The highest BCUT2D eigenvalue weighted by Gasteiger charge is 2.17. The van der Waals surface area contributed by atoms with Gasteiger partial charge >= 0.3 is 0 Å². The molecule has 0 bridgehead atoms. The molecule has 0 saturated heterocycles. The molecule has 2 amide bonds. The van der Waals surface area contributed by atoms with Crippen molar-refractivity contribution in [2.45, 2.75) is 25.3 Å². The first-order valence-corrected chi connectivity index (χ1v) is 7.31. The number of nitrogens with two attached hydrogens (primary N) is 1. The number of carbonyl (C=O) groups excluding carboxylic acids is 2. The van der Waals surface area contributed by atoms with E-state index in [9.17, 15) is 9.59 Å². The number of rotatable bonds is 7. The molecule has 1 atom stereocenters. The Bertz CT molecular complexity index is 611. The third-order valence-corrected chi connectivity index (χ3v) is 3.45. The van der Waals surface area contributed by atoms with Crippen LogP contribution in [0, 0.1) is 0 Å². The number of hydrogen-bond acceptors (Lipinski definition) is 2. The highest BCUT2D eigenvalue weighted by Crippen LogP contribution is 2.06. The Morgan fingerprint density at radius 2 is 1.45 bits per heavy atom. The van der Waals surface area contributed by atoms with Crippen LogP contribution in [0.5, 0.6) is 0 Å². The van der Waals surface area contributed by atoms with E-state index in [0.29, 0.717) is 12.8 Å². The van der Waals surface area contributed by atoms with Gasteiger partial charge in [0.2, 0.25) is 11.8 Å². The molecule has 0 aliphatic rings. The number of aryl methyl sites for hydroxylation is 1. The Morgan fingerprint density at radius 3 is 2.00 bits per heavy atom. The van der Waals surface area contributed by atoms with Crippen molar-refractivity contribution in [2.75, 3.05) is 0 Å². The molecule has 0 saturated carbocycles. The molecular weight excluding hydrogens is 276 g/mol. The largest absolute Gasteiger partial charge is 0.368 e. The van der Waals surface area contributed by atoms with Crippen molar-refractivity contribution in [2.24, 2.45) is 5.73 Å². The van der Waals surface area contributed by atoms with Crippen molar-refractivity contribution in [1.82, 2.24) is 5.32 Å². The van der Waals surface area contributed by atoms with Gasteiger partial charge in [0.05, 0.1) is 6.42 Å². The van der Waals surface area contributed by atoms with Crippen LogP contribution in [0.15, 0.2) is 60.7 Å². The summed E-state index contributed by atoms with van der Waals surface area (Å²) in [6.45, 7) is 0. The minimum atomic E-state index is -0.642. The standard InChI is InChI=1S/C18H20N2O2/c19-18(22)16(12-11-14-7-3-1-4-8-14)20-17(21)13-15-9-5-2-6-10-15/h1-10,16H,11-13H2,(H2,19,22)(H,20,21)/t16-/m1/s1. The third kappa shape index (κ3) is 5.05. The van der Waals surface area contributed by atoms with E-state index in [4.69, 9.17) is 5.73 Å². The topological polar surface area (TPSA) is 72.2 Å². The van der Waals surface area contributed by atoms with E-state index in [1.54, 1.807) is 0 Å². The zero-order chi connectivity index (χ0) is 15.8. The minimum Gasteiger partial charge on any atom is -0.368 e. The zero-order valence-electron chi connectivity index (χ0n) is 12.4. The highest BCUT2D eigenvalue weighted by atomic mass is 16.2.